The largest absolute Gasteiger partial charge is 1.00 e. The summed E-state index contributed by atoms with van der Waals surface area (Å²) in [6, 6.07) is -0.153. The van der Waals surface area contributed by atoms with Gasteiger partial charge in [-0.15, -0.1) is 0 Å². The monoisotopic (exact) mass is 149 g/mol. The number of rotatable bonds is 0. The zero-order chi connectivity index (χ0) is 7.02. The van der Waals surface area contributed by atoms with E-state index in [1.54, 1.807) is 0 Å². The van der Waals surface area contributed by atoms with Gasteiger partial charge in [-0.1, -0.05) is 6.92 Å². The highest BCUT2D eigenvalue weighted by molar-refractivity contribution is 5.76. The van der Waals surface area contributed by atoms with Gasteiger partial charge in [-0.3, -0.25) is 0 Å². The number of hydrogen-bond acceptors (Lipinski definition) is 2. The standard InChI is InChI=1S/C6H11NO2.FH/c1-3-4(2)9-6(8)5(3)7;/h3-5H,7H2,1-2H3;1H/t3-,4+,5+;/m0./s1. The quantitative estimate of drug-likeness (QED) is 0.359. The first-order valence-electron chi connectivity index (χ1n) is 3.16. The molecule has 0 radical (unpaired) electrons. The Morgan fingerprint density at radius 1 is 1.50 bits per heavy atom. The number of quaternary nitrogens is 1. The SMILES string of the molecule is C[C@H]1[C@@H](C)OC(=O)[C@@H]1[NH3+].[F-]. The molecule has 1 fully saturated rings. The Kier molecular flexibility index (Phi) is 2.77. The molecule has 0 aromatic heterocycles. The van der Waals surface area contributed by atoms with Crippen molar-refractivity contribution >= 4 is 5.97 Å². The highest BCUT2D eigenvalue weighted by Crippen LogP contribution is 2.18. The minimum absolute atomic E-state index is 0. The Bertz CT molecular complexity index is 140. The van der Waals surface area contributed by atoms with Gasteiger partial charge >= 0.3 is 5.97 Å². The van der Waals surface area contributed by atoms with Gasteiger partial charge in [-0.05, 0) is 6.92 Å². The second kappa shape index (κ2) is 2.96. The molecule has 0 spiro atoms. The second-order valence-electron chi connectivity index (χ2n) is 2.61. The number of carbonyl (C=O) groups is 1. The molecule has 10 heavy (non-hydrogen) atoms. The van der Waals surface area contributed by atoms with Crippen LogP contribution in [0.4, 0.5) is 0 Å². The summed E-state index contributed by atoms with van der Waals surface area (Å²) in [7, 11) is 0. The van der Waals surface area contributed by atoms with Crippen molar-refractivity contribution in [3.05, 3.63) is 0 Å². The van der Waals surface area contributed by atoms with Crippen LogP contribution in [0.25, 0.3) is 0 Å². The first-order chi connectivity index (χ1) is 4.13. The molecule has 0 saturated carbocycles. The average Bonchev–Trinajstić information content (AvgIpc) is 1.98. The highest BCUT2D eigenvalue weighted by Gasteiger charge is 2.39. The van der Waals surface area contributed by atoms with Gasteiger partial charge in [0.15, 0.2) is 6.04 Å². The number of esters is 1. The topological polar surface area (TPSA) is 53.9 Å². The molecule has 1 aliphatic heterocycles. The summed E-state index contributed by atoms with van der Waals surface area (Å²) in [5.74, 6) is 0.118. The fraction of sp³-hybridized carbons (Fsp3) is 0.833. The van der Waals surface area contributed by atoms with Crippen molar-refractivity contribution in [2.45, 2.75) is 26.0 Å². The van der Waals surface area contributed by atoms with Gasteiger partial charge in [0.1, 0.15) is 6.10 Å². The number of hydrogen-bond donors (Lipinski definition) is 1. The van der Waals surface area contributed by atoms with E-state index in [1.807, 2.05) is 13.8 Å². The fourth-order valence-electron chi connectivity index (χ4n) is 0.920. The Morgan fingerprint density at radius 2 is 2.00 bits per heavy atom. The van der Waals surface area contributed by atoms with Gasteiger partial charge in [0.05, 0.1) is 5.92 Å². The maximum atomic E-state index is 10.7. The average molecular weight is 149 g/mol. The van der Waals surface area contributed by atoms with Crippen LogP contribution in [0.2, 0.25) is 0 Å². The molecule has 0 aromatic rings. The number of halogens is 1. The lowest BCUT2D eigenvalue weighted by atomic mass is 10.0. The summed E-state index contributed by atoms with van der Waals surface area (Å²) in [5.41, 5.74) is 3.68. The number of cyclic esters (lactones) is 1. The Morgan fingerprint density at radius 3 is 2.10 bits per heavy atom. The van der Waals surface area contributed by atoms with Crippen LogP contribution < -0.4 is 10.4 Å². The lowest BCUT2D eigenvalue weighted by molar-refractivity contribution is -0.411. The third-order valence-electron chi connectivity index (χ3n) is 1.98. The van der Waals surface area contributed by atoms with Gasteiger partial charge in [0, 0.05) is 0 Å². The molecule has 0 amide bonds. The Balaban J connectivity index is 0.000000810. The molecular formula is C6H12FNO2. The fourth-order valence-corrected chi connectivity index (χ4v) is 0.920. The minimum Gasteiger partial charge on any atom is -1.00 e. The van der Waals surface area contributed by atoms with Gasteiger partial charge < -0.3 is 15.2 Å². The van der Waals surface area contributed by atoms with Gasteiger partial charge in [-0.2, -0.15) is 0 Å². The van der Waals surface area contributed by atoms with E-state index in [2.05, 4.69) is 5.73 Å². The van der Waals surface area contributed by atoms with E-state index in [9.17, 15) is 4.79 Å². The van der Waals surface area contributed by atoms with Crippen LogP contribution in [-0.4, -0.2) is 18.1 Å². The lowest BCUT2D eigenvalue weighted by Crippen LogP contribution is -3.00. The van der Waals surface area contributed by atoms with Crippen LogP contribution in [0.1, 0.15) is 13.8 Å². The molecule has 3 nitrogen and oxygen atoms in total. The highest BCUT2D eigenvalue weighted by atomic mass is 19.0. The van der Waals surface area contributed by atoms with Crippen LogP contribution >= 0.6 is 0 Å². The smallest absolute Gasteiger partial charge is 0.365 e. The third-order valence-corrected chi connectivity index (χ3v) is 1.98. The molecule has 0 unspecified atom stereocenters. The zero-order valence-electron chi connectivity index (χ0n) is 6.13. The van der Waals surface area contributed by atoms with E-state index in [4.69, 9.17) is 4.74 Å². The van der Waals surface area contributed by atoms with E-state index in [1.165, 1.54) is 0 Å². The number of carbonyl (C=O) groups excluding carboxylic acids is 1. The van der Waals surface area contributed by atoms with Crippen molar-refractivity contribution in [2.75, 3.05) is 0 Å². The first kappa shape index (κ1) is 9.36. The predicted octanol–water partition coefficient (Wildman–Crippen LogP) is -3.82. The van der Waals surface area contributed by atoms with E-state index >= 15 is 0 Å². The van der Waals surface area contributed by atoms with Crippen molar-refractivity contribution in [1.82, 2.24) is 0 Å². The lowest BCUT2D eigenvalue weighted by Gasteiger charge is -2.04. The maximum absolute atomic E-state index is 10.7. The van der Waals surface area contributed by atoms with Crippen LogP contribution in [0.3, 0.4) is 0 Å². The molecule has 1 rings (SSSR count). The van der Waals surface area contributed by atoms with Crippen LogP contribution in [-0.2, 0) is 9.53 Å². The predicted molar refractivity (Wildman–Crippen MR) is 31.4 cm³/mol. The maximum Gasteiger partial charge on any atom is 0.365 e. The van der Waals surface area contributed by atoms with Crippen molar-refractivity contribution in [1.29, 1.82) is 0 Å². The molecular weight excluding hydrogens is 137 g/mol. The van der Waals surface area contributed by atoms with Crippen molar-refractivity contribution in [2.24, 2.45) is 5.92 Å². The normalized spacial score (nSPS) is 38.7. The summed E-state index contributed by atoms with van der Waals surface area (Å²) >= 11 is 0. The van der Waals surface area contributed by atoms with Crippen LogP contribution in [0, 0.1) is 5.92 Å². The van der Waals surface area contributed by atoms with E-state index in [-0.39, 0.29) is 28.7 Å². The molecule has 4 heteroatoms. The van der Waals surface area contributed by atoms with E-state index in [0.717, 1.165) is 0 Å². The molecule has 3 atom stereocenters. The molecule has 1 aliphatic rings. The van der Waals surface area contributed by atoms with Crippen molar-refractivity contribution in [3.63, 3.8) is 0 Å². The van der Waals surface area contributed by atoms with E-state index < -0.39 is 0 Å². The third kappa shape index (κ3) is 1.26. The van der Waals surface area contributed by atoms with Crippen LogP contribution in [0.15, 0.2) is 0 Å². The summed E-state index contributed by atoms with van der Waals surface area (Å²) in [6.45, 7) is 3.88. The molecule has 1 saturated heterocycles. The van der Waals surface area contributed by atoms with Gasteiger partial charge in [-0.25, -0.2) is 4.79 Å². The molecule has 0 aliphatic carbocycles. The number of ether oxygens (including phenoxy) is 1. The Hall–Kier alpha value is -0.640. The molecule has 0 bridgehead atoms. The molecule has 60 valence electrons. The first-order valence-corrected chi connectivity index (χ1v) is 3.16. The summed E-state index contributed by atoms with van der Waals surface area (Å²) in [6.07, 6.45) is 0.0556. The zero-order valence-corrected chi connectivity index (χ0v) is 6.13. The second-order valence-corrected chi connectivity index (χ2v) is 2.61. The molecule has 0 aromatic carbocycles. The molecule has 1 heterocycles. The summed E-state index contributed by atoms with van der Waals surface area (Å²) in [5, 5.41) is 0. The Labute approximate surface area is 58.9 Å². The summed E-state index contributed by atoms with van der Waals surface area (Å²) < 4.78 is 4.88. The van der Waals surface area contributed by atoms with Crippen molar-refractivity contribution < 1.29 is 20.0 Å². The summed E-state index contributed by atoms with van der Waals surface area (Å²) in [4.78, 5) is 10.7. The minimum atomic E-state index is -0.157. The molecule has 3 N–H and O–H groups in total. The van der Waals surface area contributed by atoms with Gasteiger partial charge in [0.25, 0.3) is 0 Å². The van der Waals surface area contributed by atoms with E-state index in [0.29, 0.717) is 0 Å². The van der Waals surface area contributed by atoms with Gasteiger partial charge in [0.2, 0.25) is 0 Å². The van der Waals surface area contributed by atoms with Crippen molar-refractivity contribution in [3.8, 4) is 0 Å². The van der Waals surface area contributed by atoms with Crippen LogP contribution in [0.5, 0.6) is 0 Å².